The lowest BCUT2D eigenvalue weighted by atomic mass is 9.90. The Morgan fingerprint density at radius 3 is 2.00 bits per heavy atom. The molecule has 0 spiro atoms. The van der Waals surface area contributed by atoms with Gasteiger partial charge in [-0.05, 0) is 41.8 Å². The van der Waals surface area contributed by atoms with Gasteiger partial charge in [-0.3, -0.25) is 9.69 Å². The monoisotopic (exact) mass is 618 g/mol. The molecule has 2 N–H and O–H groups in total. The minimum Gasteiger partial charge on any atom is -0.497 e. The number of hydrogen-bond donors (Lipinski definition) is 2. The minimum absolute atomic E-state index is 0.107. The lowest BCUT2D eigenvalue weighted by Crippen LogP contribution is -2.62. The summed E-state index contributed by atoms with van der Waals surface area (Å²) in [7, 11) is -3.18. The predicted octanol–water partition coefficient (Wildman–Crippen LogP) is 3.75. The third-order valence-electron chi connectivity index (χ3n) is 7.03. The van der Waals surface area contributed by atoms with E-state index in [9.17, 15) is 23.1 Å². The zero-order valence-corrected chi connectivity index (χ0v) is 24.1. The molecule has 230 valence electrons. The first-order valence-electron chi connectivity index (χ1n) is 13.4. The highest BCUT2D eigenvalue weighted by atomic mass is 32.2. The van der Waals surface area contributed by atoms with Gasteiger partial charge < -0.3 is 19.3 Å². The van der Waals surface area contributed by atoms with Crippen LogP contribution in [0.25, 0.3) is 0 Å². The van der Waals surface area contributed by atoms with Gasteiger partial charge in [0.1, 0.15) is 18.6 Å². The Balaban J connectivity index is 1.74. The van der Waals surface area contributed by atoms with Crippen LogP contribution < -0.4 is 9.46 Å². The predicted molar refractivity (Wildman–Crippen MR) is 152 cm³/mol. The van der Waals surface area contributed by atoms with Crippen LogP contribution in [0.1, 0.15) is 11.1 Å². The molecule has 43 heavy (non-hydrogen) atoms. The van der Waals surface area contributed by atoms with E-state index in [0.29, 0.717) is 21.8 Å². The van der Waals surface area contributed by atoms with Crippen molar-refractivity contribution in [2.24, 2.45) is 0 Å². The molecule has 10 nitrogen and oxygen atoms in total. The van der Waals surface area contributed by atoms with Crippen LogP contribution in [-0.4, -0.2) is 81.5 Å². The topological polar surface area (TPSA) is 131 Å². The summed E-state index contributed by atoms with van der Waals surface area (Å²) in [5, 5.41) is 10.1. The lowest BCUT2D eigenvalue weighted by Gasteiger charge is -2.39. The zero-order valence-electron chi connectivity index (χ0n) is 23.3. The molecular formula is C30H32F2N2O8S. The number of nitrogens with one attached hydrogen (secondary N) is 1. The van der Waals surface area contributed by atoms with Crippen LogP contribution in [0.15, 0.2) is 89.8 Å². The van der Waals surface area contributed by atoms with Crippen molar-refractivity contribution < 1.29 is 46.1 Å². The Bertz CT molecular complexity index is 1470. The SMILES string of the molecule is COc1ccc(S(=O)(=O)NC(Cc2ccccc2)C(F)(F)C(=O)[C@@H](Cc2ccccc2)N(C(=O)O)C2COCOC2)cc1. The zero-order chi connectivity index (χ0) is 31.0. The number of sulfonamides is 1. The number of amides is 1. The van der Waals surface area contributed by atoms with Gasteiger partial charge in [-0.15, -0.1) is 0 Å². The van der Waals surface area contributed by atoms with Gasteiger partial charge in [-0.1, -0.05) is 60.7 Å². The van der Waals surface area contributed by atoms with Crippen molar-refractivity contribution in [2.45, 2.75) is 41.8 Å². The molecule has 3 aromatic carbocycles. The van der Waals surface area contributed by atoms with Crippen LogP contribution in [0.2, 0.25) is 0 Å². The number of benzene rings is 3. The molecule has 1 amide bonds. The van der Waals surface area contributed by atoms with Crippen LogP contribution in [0.5, 0.6) is 5.75 Å². The van der Waals surface area contributed by atoms with E-state index in [1.54, 1.807) is 48.5 Å². The van der Waals surface area contributed by atoms with Gasteiger partial charge in [0.25, 0.3) is 0 Å². The third kappa shape index (κ3) is 7.93. The number of rotatable bonds is 13. The molecule has 0 saturated carbocycles. The average Bonchev–Trinajstić information content (AvgIpc) is 3.01. The van der Waals surface area contributed by atoms with Gasteiger partial charge in [0.2, 0.25) is 15.8 Å². The molecule has 1 aliphatic rings. The van der Waals surface area contributed by atoms with Crippen molar-refractivity contribution in [3.8, 4) is 5.75 Å². The van der Waals surface area contributed by atoms with E-state index < -0.39 is 52.4 Å². The molecule has 3 aromatic rings. The molecule has 4 rings (SSSR count). The van der Waals surface area contributed by atoms with Gasteiger partial charge in [-0.2, -0.15) is 8.78 Å². The van der Waals surface area contributed by atoms with Crippen molar-refractivity contribution in [2.75, 3.05) is 27.1 Å². The quantitative estimate of drug-likeness (QED) is 0.296. The van der Waals surface area contributed by atoms with Crippen LogP contribution in [-0.2, 0) is 37.1 Å². The Kier molecular flexibility index (Phi) is 10.5. The fraction of sp³-hybridized carbons (Fsp3) is 0.333. The molecule has 1 fully saturated rings. The number of nitrogens with zero attached hydrogens (tertiary/aromatic N) is 1. The summed E-state index contributed by atoms with van der Waals surface area (Å²) >= 11 is 0. The van der Waals surface area contributed by atoms with E-state index in [1.165, 1.54) is 43.5 Å². The molecular weight excluding hydrogens is 586 g/mol. The van der Waals surface area contributed by atoms with E-state index >= 15 is 8.78 Å². The Labute approximate surface area is 248 Å². The van der Waals surface area contributed by atoms with E-state index in [1.807, 2.05) is 4.72 Å². The van der Waals surface area contributed by atoms with Gasteiger partial charge in [0, 0.05) is 6.42 Å². The van der Waals surface area contributed by atoms with Crippen molar-refractivity contribution >= 4 is 21.9 Å². The second-order valence-electron chi connectivity index (χ2n) is 9.93. The molecule has 0 bridgehead atoms. The number of carbonyl (C=O) groups is 2. The highest BCUT2D eigenvalue weighted by Gasteiger charge is 2.54. The number of Topliss-reactive ketones (excluding diaryl/α,β-unsaturated/α-hetero) is 1. The van der Waals surface area contributed by atoms with Gasteiger partial charge in [0.15, 0.2) is 0 Å². The van der Waals surface area contributed by atoms with Crippen LogP contribution >= 0.6 is 0 Å². The highest BCUT2D eigenvalue weighted by Crippen LogP contribution is 2.30. The fourth-order valence-corrected chi connectivity index (χ4v) is 6.07. The van der Waals surface area contributed by atoms with E-state index in [4.69, 9.17) is 14.2 Å². The number of halogens is 2. The molecule has 0 aliphatic carbocycles. The number of hydrogen-bond acceptors (Lipinski definition) is 7. The maximum Gasteiger partial charge on any atom is 0.408 e. The summed E-state index contributed by atoms with van der Waals surface area (Å²) in [4.78, 5) is 26.7. The third-order valence-corrected chi connectivity index (χ3v) is 8.52. The Morgan fingerprint density at radius 1 is 0.953 bits per heavy atom. The maximum absolute atomic E-state index is 16.5. The Morgan fingerprint density at radius 2 is 1.49 bits per heavy atom. The van der Waals surface area contributed by atoms with Crippen molar-refractivity contribution in [3.05, 3.63) is 96.1 Å². The largest absolute Gasteiger partial charge is 0.497 e. The molecule has 1 saturated heterocycles. The van der Waals surface area contributed by atoms with Gasteiger partial charge >= 0.3 is 12.0 Å². The second kappa shape index (κ2) is 14.0. The van der Waals surface area contributed by atoms with Gasteiger partial charge in [0.05, 0.1) is 37.3 Å². The number of carboxylic acid groups (broad SMARTS) is 1. The summed E-state index contributed by atoms with van der Waals surface area (Å²) in [6.45, 7) is -0.453. The van der Waals surface area contributed by atoms with Crippen molar-refractivity contribution in [3.63, 3.8) is 0 Å². The van der Waals surface area contributed by atoms with E-state index in [-0.39, 0.29) is 31.3 Å². The number of ether oxygens (including phenoxy) is 3. The normalized spacial score (nSPS) is 15.8. The number of methoxy groups -OCH3 is 1. The molecule has 1 aliphatic heterocycles. The van der Waals surface area contributed by atoms with E-state index in [0.717, 1.165) is 0 Å². The number of ketones is 1. The van der Waals surface area contributed by atoms with Crippen LogP contribution in [0.4, 0.5) is 13.6 Å². The summed E-state index contributed by atoms with van der Waals surface area (Å²) in [5.74, 6) is -5.77. The smallest absolute Gasteiger partial charge is 0.408 e. The molecule has 0 aromatic heterocycles. The molecule has 1 heterocycles. The van der Waals surface area contributed by atoms with Crippen molar-refractivity contribution in [1.82, 2.24) is 9.62 Å². The lowest BCUT2D eigenvalue weighted by molar-refractivity contribution is -0.160. The first kappa shape index (κ1) is 32.0. The van der Waals surface area contributed by atoms with Crippen LogP contribution in [0, 0.1) is 0 Å². The first-order chi connectivity index (χ1) is 20.5. The first-order valence-corrected chi connectivity index (χ1v) is 14.8. The second-order valence-corrected chi connectivity index (χ2v) is 11.6. The summed E-state index contributed by atoms with van der Waals surface area (Å²) in [6, 6.07) is 15.9. The van der Waals surface area contributed by atoms with Gasteiger partial charge in [-0.25, -0.2) is 17.9 Å². The van der Waals surface area contributed by atoms with E-state index in [2.05, 4.69) is 0 Å². The molecule has 2 atom stereocenters. The average molecular weight is 619 g/mol. The minimum atomic E-state index is -4.57. The standard InChI is InChI=1S/C30H32F2N2O8S/c1-40-24-12-14-25(15-13-24)43(38,39)33-27(17-22-10-6-3-7-11-22)30(31,32)28(35)26(16-21-8-4-2-5-9-21)34(29(36)37)23-18-41-20-42-19-23/h2-15,23,26-27,33H,16-20H2,1H3,(H,36,37)/t26-,27?/m1/s1. The maximum atomic E-state index is 16.5. The summed E-state index contributed by atoms with van der Waals surface area (Å²) in [5.41, 5.74) is 0.764. The Hall–Kier alpha value is -3.91. The van der Waals surface area contributed by atoms with Crippen molar-refractivity contribution in [1.29, 1.82) is 0 Å². The number of alkyl halides is 2. The fourth-order valence-electron chi connectivity index (χ4n) is 4.83. The highest BCUT2D eigenvalue weighted by molar-refractivity contribution is 7.89. The van der Waals surface area contributed by atoms with Crippen LogP contribution in [0.3, 0.4) is 0 Å². The molecule has 13 heteroatoms. The summed E-state index contributed by atoms with van der Waals surface area (Å²) in [6.07, 6.45) is -2.57. The molecule has 1 unspecified atom stereocenters. The summed E-state index contributed by atoms with van der Waals surface area (Å²) < 4.78 is 77.1. The number of carbonyl (C=O) groups excluding carboxylic acids is 1. The molecule has 0 radical (unpaired) electrons.